The summed E-state index contributed by atoms with van der Waals surface area (Å²) in [7, 11) is 0. The molecule has 0 saturated carbocycles. The Morgan fingerprint density at radius 1 is 1.64 bits per heavy atom. The number of aliphatic hydroxyl groups is 1. The van der Waals surface area contributed by atoms with Gasteiger partial charge in [0.15, 0.2) is 0 Å². The van der Waals surface area contributed by atoms with Crippen molar-refractivity contribution >= 4 is 5.91 Å². The zero-order valence-electron chi connectivity index (χ0n) is 8.92. The van der Waals surface area contributed by atoms with Gasteiger partial charge in [-0.25, -0.2) is 0 Å². The molecule has 14 heavy (non-hydrogen) atoms. The Hall–Kier alpha value is -0.610. The Kier molecular flexibility index (Phi) is 4.35. The monoisotopic (exact) mass is 200 g/mol. The predicted octanol–water partition coefficient (Wildman–Crippen LogP) is -0.128. The average Bonchev–Trinajstić information content (AvgIpc) is 2.51. The van der Waals surface area contributed by atoms with Crippen molar-refractivity contribution in [3.63, 3.8) is 0 Å². The molecule has 1 heterocycles. The number of aliphatic hydroxyl groups excluding tert-OH is 1. The quantitative estimate of drug-likeness (QED) is 0.592. The maximum Gasteiger partial charge on any atom is 0.237 e. The molecule has 1 fully saturated rings. The Labute approximate surface area is 85.1 Å². The molecule has 1 rings (SSSR count). The SMILES string of the molecule is CC(C)CCNC(=O)C1CC(O)CN1. The molecule has 2 atom stereocenters. The van der Waals surface area contributed by atoms with Gasteiger partial charge in [0.25, 0.3) is 0 Å². The highest BCUT2D eigenvalue weighted by Crippen LogP contribution is 2.06. The van der Waals surface area contributed by atoms with Crippen LogP contribution >= 0.6 is 0 Å². The van der Waals surface area contributed by atoms with E-state index in [-0.39, 0.29) is 18.1 Å². The summed E-state index contributed by atoms with van der Waals surface area (Å²) >= 11 is 0. The van der Waals surface area contributed by atoms with E-state index < -0.39 is 0 Å². The Morgan fingerprint density at radius 2 is 2.36 bits per heavy atom. The summed E-state index contributed by atoms with van der Waals surface area (Å²) in [6, 6.07) is -0.197. The van der Waals surface area contributed by atoms with Crippen molar-refractivity contribution in [3.05, 3.63) is 0 Å². The first-order valence-electron chi connectivity index (χ1n) is 5.28. The van der Waals surface area contributed by atoms with Crippen LogP contribution in [0, 0.1) is 5.92 Å². The molecule has 1 aliphatic heterocycles. The molecule has 0 spiro atoms. The van der Waals surface area contributed by atoms with Gasteiger partial charge in [0.05, 0.1) is 12.1 Å². The number of rotatable bonds is 4. The molecule has 4 heteroatoms. The minimum Gasteiger partial charge on any atom is -0.392 e. The molecule has 0 aromatic carbocycles. The smallest absolute Gasteiger partial charge is 0.237 e. The molecule has 1 amide bonds. The van der Waals surface area contributed by atoms with Crippen molar-refractivity contribution in [2.75, 3.05) is 13.1 Å². The van der Waals surface area contributed by atoms with E-state index in [2.05, 4.69) is 24.5 Å². The summed E-state index contributed by atoms with van der Waals surface area (Å²) in [6.07, 6.45) is 1.17. The van der Waals surface area contributed by atoms with Crippen molar-refractivity contribution in [2.24, 2.45) is 5.92 Å². The molecule has 4 nitrogen and oxygen atoms in total. The maximum atomic E-state index is 11.5. The van der Waals surface area contributed by atoms with E-state index in [1.54, 1.807) is 0 Å². The minimum absolute atomic E-state index is 0.0159. The lowest BCUT2D eigenvalue weighted by atomic mass is 10.1. The van der Waals surface area contributed by atoms with Gasteiger partial charge in [0.2, 0.25) is 5.91 Å². The van der Waals surface area contributed by atoms with Gasteiger partial charge in [-0.2, -0.15) is 0 Å². The van der Waals surface area contributed by atoms with E-state index in [0.717, 1.165) is 13.0 Å². The van der Waals surface area contributed by atoms with Crippen LogP contribution in [0.1, 0.15) is 26.7 Å². The highest BCUT2D eigenvalue weighted by Gasteiger charge is 2.27. The van der Waals surface area contributed by atoms with Crippen molar-refractivity contribution in [3.8, 4) is 0 Å². The molecule has 1 saturated heterocycles. The van der Waals surface area contributed by atoms with Crippen molar-refractivity contribution in [2.45, 2.75) is 38.8 Å². The third-order valence-electron chi connectivity index (χ3n) is 2.45. The third kappa shape index (κ3) is 3.64. The molecule has 82 valence electrons. The van der Waals surface area contributed by atoms with Crippen molar-refractivity contribution < 1.29 is 9.90 Å². The lowest BCUT2D eigenvalue weighted by Crippen LogP contribution is -2.40. The van der Waals surface area contributed by atoms with E-state index in [0.29, 0.717) is 18.9 Å². The first kappa shape index (κ1) is 11.5. The molecule has 0 aromatic heterocycles. The van der Waals surface area contributed by atoms with Gasteiger partial charge in [-0.1, -0.05) is 13.8 Å². The van der Waals surface area contributed by atoms with Crippen LogP contribution < -0.4 is 10.6 Å². The predicted molar refractivity (Wildman–Crippen MR) is 54.9 cm³/mol. The minimum atomic E-state index is -0.365. The van der Waals surface area contributed by atoms with E-state index in [4.69, 9.17) is 0 Å². The molecule has 0 aliphatic carbocycles. The largest absolute Gasteiger partial charge is 0.392 e. The summed E-state index contributed by atoms with van der Waals surface area (Å²) in [5, 5.41) is 15.1. The summed E-state index contributed by atoms with van der Waals surface area (Å²) in [4.78, 5) is 11.5. The van der Waals surface area contributed by atoms with Crippen LogP contribution in [0.2, 0.25) is 0 Å². The molecular weight excluding hydrogens is 180 g/mol. The lowest BCUT2D eigenvalue weighted by Gasteiger charge is -2.11. The fourth-order valence-corrected chi connectivity index (χ4v) is 1.52. The van der Waals surface area contributed by atoms with Gasteiger partial charge in [-0.05, 0) is 18.8 Å². The number of carbonyl (C=O) groups excluding carboxylic acids is 1. The number of carbonyl (C=O) groups is 1. The Balaban J connectivity index is 2.15. The first-order valence-corrected chi connectivity index (χ1v) is 5.28. The second-order valence-corrected chi connectivity index (χ2v) is 4.32. The van der Waals surface area contributed by atoms with E-state index >= 15 is 0 Å². The number of β-amino-alcohol motifs (C(OH)–C–C–N with tert-alkyl or cyclic N) is 1. The van der Waals surface area contributed by atoms with Gasteiger partial charge in [0.1, 0.15) is 0 Å². The molecule has 1 aliphatic rings. The average molecular weight is 200 g/mol. The summed E-state index contributed by atoms with van der Waals surface area (Å²) in [5.74, 6) is 0.625. The molecular formula is C10H20N2O2. The van der Waals surface area contributed by atoms with Crippen molar-refractivity contribution in [1.29, 1.82) is 0 Å². The first-order chi connectivity index (χ1) is 6.59. The van der Waals surface area contributed by atoms with Crippen LogP contribution in [0.15, 0.2) is 0 Å². The van der Waals surface area contributed by atoms with Gasteiger partial charge in [-0.3, -0.25) is 4.79 Å². The Bertz CT molecular complexity index is 195. The molecule has 3 N–H and O–H groups in total. The zero-order chi connectivity index (χ0) is 10.6. The van der Waals surface area contributed by atoms with Crippen LogP contribution in [0.4, 0.5) is 0 Å². The van der Waals surface area contributed by atoms with E-state index in [1.807, 2.05) is 0 Å². The summed E-state index contributed by atoms with van der Waals surface area (Å²) < 4.78 is 0. The Morgan fingerprint density at radius 3 is 2.86 bits per heavy atom. The molecule has 0 aromatic rings. The lowest BCUT2D eigenvalue weighted by molar-refractivity contribution is -0.122. The standard InChI is InChI=1S/C10H20N2O2/c1-7(2)3-4-11-10(14)9-5-8(13)6-12-9/h7-9,12-13H,3-6H2,1-2H3,(H,11,14). The molecule has 0 bridgehead atoms. The van der Waals surface area contributed by atoms with Crippen molar-refractivity contribution in [1.82, 2.24) is 10.6 Å². The van der Waals surface area contributed by atoms with Gasteiger partial charge in [-0.15, -0.1) is 0 Å². The van der Waals surface area contributed by atoms with E-state index in [9.17, 15) is 9.90 Å². The highest BCUT2D eigenvalue weighted by molar-refractivity contribution is 5.82. The maximum absolute atomic E-state index is 11.5. The normalized spacial score (nSPS) is 26.9. The number of amides is 1. The topological polar surface area (TPSA) is 61.4 Å². The third-order valence-corrected chi connectivity index (χ3v) is 2.45. The van der Waals surface area contributed by atoms with Crippen LogP contribution in [0.3, 0.4) is 0 Å². The fourth-order valence-electron chi connectivity index (χ4n) is 1.52. The van der Waals surface area contributed by atoms with Crippen LogP contribution in [0.5, 0.6) is 0 Å². The summed E-state index contributed by atoms with van der Waals surface area (Å²) in [6.45, 7) is 5.51. The number of hydrogen-bond acceptors (Lipinski definition) is 3. The molecule has 0 radical (unpaired) electrons. The van der Waals surface area contributed by atoms with Crippen LogP contribution in [0.25, 0.3) is 0 Å². The van der Waals surface area contributed by atoms with Crippen LogP contribution in [-0.2, 0) is 4.79 Å². The number of nitrogens with one attached hydrogen (secondary N) is 2. The summed E-state index contributed by atoms with van der Waals surface area (Å²) in [5.41, 5.74) is 0. The van der Waals surface area contributed by atoms with Gasteiger partial charge in [0, 0.05) is 13.1 Å². The fraction of sp³-hybridized carbons (Fsp3) is 0.900. The molecule has 2 unspecified atom stereocenters. The van der Waals surface area contributed by atoms with Gasteiger partial charge < -0.3 is 15.7 Å². The van der Waals surface area contributed by atoms with Crippen LogP contribution in [-0.4, -0.2) is 36.2 Å². The van der Waals surface area contributed by atoms with E-state index in [1.165, 1.54) is 0 Å². The number of hydrogen-bond donors (Lipinski definition) is 3. The second kappa shape index (κ2) is 5.32. The zero-order valence-corrected chi connectivity index (χ0v) is 8.92. The van der Waals surface area contributed by atoms with Gasteiger partial charge >= 0.3 is 0 Å². The highest BCUT2D eigenvalue weighted by atomic mass is 16.3. The second-order valence-electron chi connectivity index (χ2n) is 4.32.